The van der Waals surface area contributed by atoms with Crippen LogP contribution in [0, 0.1) is 0 Å². The molecule has 2 rings (SSSR count). The molecule has 15 heavy (non-hydrogen) atoms. The number of nitrogens with zero attached hydrogens (tertiary/aromatic N) is 1. The largest absolute Gasteiger partial charge is 0.439 e. The monoisotopic (exact) mass is 305 g/mol. The van der Waals surface area contributed by atoms with E-state index in [-0.39, 0.29) is 5.88 Å². The Morgan fingerprint density at radius 3 is 2.87 bits per heavy atom. The van der Waals surface area contributed by atoms with Gasteiger partial charge in [-0.15, -0.1) is 11.6 Å². The van der Waals surface area contributed by atoms with Crippen LogP contribution in [0.2, 0.25) is 5.02 Å². The van der Waals surface area contributed by atoms with Crippen LogP contribution in [0.25, 0.3) is 11.3 Å². The van der Waals surface area contributed by atoms with Gasteiger partial charge in [0.15, 0.2) is 5.76 Å². The minimum absolute atomic E-state index is 0.262. The van der Waals surface area contributed by atoms with E-state index in [1.54, 1.807) is 12.3 Å². The Bertz CT molecular complexity index is 484. The smallest absolute Gasteiger partial charge is 0.209 e. The molecule has 0 aliphatic rings. The van der Waals surface area contributed by atoms with Gasteiger partial charge in [-0.3, -0.25) is 0 Å². The lowest BCUT2D eigenvalue weighted by Gasteiger charge is -2.00. The highest BCUT2D eigenvalue weighted by molar-refractivity contribution is 9.10. The average molecular weight is 307 g/mol. The van der Waals surface area contributed by atoms with Gasteiger partial charge < -0.3 is 4.42 Å². The SMILES string of the molecule is ClCc1ncc(-c2cc(Cl)ccc2Br)o1. The molecule has 0 radical (unpaired) electrons. The number of aromatic nitrogens is 1. The Labute approximate surface area is 105 Å². The highest BCUT2D eigenvalue weighted by Crippen LogP contribution is 2.31. The molecule has 5 heteroatoms. The van der Waals surface area contributed by atoms with E-state index < -0.39 is 0 Å². The number of oxazole rings is 1. The van der Waals surface area contributed by atoms with E-state index in [0.29, 0.717) is 16.7 Å². The first kappa shape index (κ1) is 11.0. The van der Waals surface area contributed by atoms with Crippen LogP contribution in [0.1, 0.15) is 5.89 Å². The van der Waals surface area contributed by atoms with Crippen LogP contribution in [-0.2, 0) is 5.88 Å². The normalized spacial score (nSPS) is 10.6. The van der Waals surface area contributed by atoms with Crippen LogP contribution < -0.4 is 0 Å². The van der Waals surface area contributed by atoms with Gasteiger partial charge in [0, 0.05) is 15.1 Å². The van der Waals surface area contributed by atoms with Crippen molar-refractivity contribution in [3.05, 3.63) is 39.8 Å². The van der Waals surface area contributed by atoms with E-state index >= 15 is 0 Å². The van der Waals surface area contributed by atoms with Gasteiger partial charge in [-0.25, -0.2) is 4.98 Å². The Balaban J connectivity index is 2.48. The predicted molar refractivity (Wildman–Crippen MR) is 64.2 cm³/mol. The standard InChI is InChI=1S/C10H6BrCl2NO/c11-8-2-1-6(13)3-7(8)9-5-14-10(4-12)15-9/h1-3,5H,4H2. The van der Waals surface area contributed by atoms with Gasteiger partial charge in [0.25, 0.3) is 0 Å². The fraction of sp³-hybridized carbons (Fsp3) is 0.100. The van der Waals surface area contributed by atoms with Crippen LogP contribution in [0.15, 0.2) is 33.3 Å². The second-order valence-electron chi connectivity index (χ2n) is 2.88. The minimum atomic E-state index is 0.262. The van der Waals surface area contributed by atoms with Crippen molar-refractivity contribution in [2.24, 2.45) is 0 Å². The summed E-state index contributed by atoms with van der Waals surface area (Å²) in [5.41, 5.74) is 0.867. The molecule has 0 aliphatic heterocycles. The third-order valence-corrected chi connectivity index (χ3v) is 3.02. The first-order valence-corrected chi connectivity index (χ1v) is 5.87. The summed E-state index contributed by atoms with van der Waals surface area (Å²) in [6.07, 6.45) is 1.63. The van der Waals surface area contributed by atoms with Crippen molar-refractivity contribution in [1.29, 1.82) is 0 Å². The van der Waals surface area contributed by atoms with Crippen molar-refractivity contribution in [3.63, 3.8) is 0 Å². The van der Waals surface area contributed by atoms with E-state index in [9.17, 15) is 0 Å². The fourth-order valence-electron chi connectivity index (χ4n) is 1.18. The molecule has 1 aromatic carbocycles. The molecule has 0 bridgehead atoms. The molecule has 2 nitrogen and oxygen atoms in total. The Hall–Kier alpha value is -0.510. The third kappa shape index (κ3) is 2.36. The first-order valence-electron chi connectivity index (χ1n) is 4.17. The number of benzene rings is 1. The maximum absolute atomic E-state index is 5.90. The summed E-state index contributed by atoms with van der Waals surface area (Å²) >= 11 is 14.9. The maximum Gasteiger partial charge on any atom is 0.209 e. The number of alkyl halides is 1. The number of rotatable bonds is 2. The van der Waals surface area contributed by atoms with Gasteiger partial charge in [0.05, 0.1) is 12.1 Å². The quantitative estimate of drug-likeness (QED) is 0.764. The first-order chi connectivity index (χ1) is 7.20. The summed E-state index contributed by atoms with van der Waals surface area (Å²) in [5, 5.41) is 0.650. The lowest BCUT2D eigenvalue weighted by molar-refractivity contribution is 0.528. The van der Waals surface area contributed by atoms with E-state index in [1.165, 1.54) is 0 Å². The van der Waals surface area contributed by atoms with Crippen molar-refractivity contribution >= 4 is 39.1 Å². The summed E-state index contributed by atoms with van der Waals surface area (Å²) in [7, 11) is 0. The predicted octanol–water partition coefficient (Wildman–Crippen LogP) is 4.50. The van der Waals surface area contributed by atoms with Crippen molar-refractivity contribution < 1.29 is 4.42 Å². The van der Waals surface area contributed by atoms with Gasteiger partial charge in [0.1, 0.15) is 0 Å². The lowest BCUT2D eigenvalue weighted by atomic mass is 10.2. The molecule has 2 aromatic rings. The average Bonchev–Trinajstić information content (AvgIpc) is 2.70. The molecular formula is C10H6BrCl2NO. The number of hydrogen-bond acceptors (Lipinski definition) is 2. The zero-order chi connectivity index (χ0) is 10.8. The maximum atomic E-state index is 5.90. The minimum Gasteiger partial charge on any atom is -0.439 e. The van der Waals surface area contributed by atoms with Crippen molar-refractivity contribution in [2.45, 2.75) is 5.88 Å². The Morgan fingerprint density at radius 2 is 2.20 bits per heavy atom. The molecule has 0 amide bonds. The zero-order valence-corrected chi connectivity index (χ0v) is 10.6. The number of hydrogen-bond donors (Lipinski definition) is 0. The summed E-state index contributed by atoms with van der Waals surface area (Å²) in [6, 6.07) is 5.47. The second kappa shape index (κ2) is 4.56. The topological polar surface area (TPSA) is 26.0 Å². The van der Waals surface area contributed by atoms with E-state index in [1.807, 2.05) is 12.1 Å². The molecule has 0 unspecified atom stereocenters. The zero-order valence-electron chi connectivity index (χ0n) is 7.51. The molecule has 0 N–H and O–H groups in total. The molecule has 1 heterocycles. The molecule has 0 spiro atoms. The Morgan fingerprint density at radius 1 is 1.40 bits per heavy atom. The van der Waals surface area contributed by atoms with E-state index in [4.69, 9.17) is 27.6 Å². The van der Waals surface area contributed by atoms with Crippen LogP contribution in [0.4, 0.5) is 0 Å². The van der Waals surface area contributed by atoms with E-state index in [2.05, 4.69) is 20.9 Å². The second-order valence-corrected chi connectivity index (χ2v) is 4.43. The van der Waals surface area contributed by atoms with Gasteiger partial charge in [-0.1, -0.05) is 27.5 Å². The van der Waals surface area contributed by atoms with E-state index in [0.717, 1.165) is 10.0 Å². The molecular weight excluding hydrogens is 301 g/mol. The lowest BCUT2D eigenvalue weighted by Crippen LogP contribution is -1.77. The van der Waals surface area contributed by atoms with Crippen LogP contribution in [-0.4, -0.2) is 4.98 Å². The highest BCUT2D eigenvalue weighted by atomic mass is 79.9. The number of halogens is 3. The molecule has 78 valence electrons. The van der Waals surface area contributed by atoms with Crippen LogP contribution >= 0.6 is 39.1 Å². The summed E-state index contributed by atoms with van der Waals surface area (Å²) < 4.78 is 6.33. The molecule has 0 atom stereocenters. The molecule has 1 aromatic heterocycles. The Kier molecular flexibility index (Phi) is 3.34. The summed E-state index contributed by atoms with van der Waals surface area (Å²) in [4.78, 5) is 4.02. The summed E-state index contributed by atoms with van der Waals surface area (Å²) in [5.74, 6) is 1.41. The molecule has 0 aliphatic carbocycles. The van der Waals surface area contributed by atoms with Gasteiger partial charge >= 0.3 is 0 Å². The van der Waals surface area contributed by atoms with Crippen LogP contribution in [0.5, 0.6) is 0 Å². The summed E-state index contributed by atoms with van der Waals surface area (Å²) in [6.45, 7) is 0. The van der Waals surface area contributed by atoms with Crippen molar-refractivity contribution in [1.82, 2.24) is 4.98 Å². The van der Waals surface area contributed by atoms with Gasteiger partial charge in [-0.05, 0) is 18.2 Å². The molecule has 0 saturated heterocycles. The molecule has 0 fully saturated rings. The van der Waals surface area contributed by atoms with Crippen LogP contribution in [0.3, 0.4) is 0 Å². The fourth-order valence-corrected chi connectivity index (χ4v) is 1.92. The van der Waals surface area contributed by atoms with Crippen molar-refractivity contribution in [3.8, 4) is 11.3 Å². The van der Waals surface area contributed by atoms with Gasteiger partial charge in [0.2, 0.25) is 5.89 Å². The van der Waals surface area contributed by atoms with Crippen molar-refractivity contribution in [2.75, 3.05) is 0 Å². The third-order valence-electron chi connectivity index (χ3n) is 1.86. The van der Waals surface area contributed by atoms with Gasteiger partial charge in [-0.2, -0.15) is 0 Å². The highest BCUT2D eigenvalue weighted by Gasteiger charge is 2.09. The molecule has 0 saturated carbocycles.